The molecule has 2 heterocycles. The second-order valence-corrected chi connectivity index (χ2v) is 5.78. The number of rotatable bonds is 4. The van der Waals surface area contributed by atoms with Crippen LogP contribution in [-0.2, 0) is 11.3 Å². The Morgan fingerprint density at radius 1 is 1.41 bits per heavy atom. The Morgan fingerprint density at radius 2 is 2.23 bits per heavy atom. The molecule has 7 heteroatoms. The van der Waals surface area contributed by atoms with Crippen molar-refractivity contribution < 1.29 is 9.32 Å². The zero-order valence-electron chi connectivity index (χ0n) is 12.0. The number of hydrogen-bond acceptors (Lipinski definition) is 5. The summed E-state index contributed by atoms with van der Waals surface area (Å²) in [6, 6.07) is 7.07. The average Bonchev–Trinajstić information content (AvgIpc) is 2.96. The molecular weight excluding hydrogens is 304 g/mol. The first-order chi connectivity index (χ1) is 10.6. The normalized spacial score (nSPS) is 19.2. The van der Waals surface area contributed by atoms with Crippen molar-refractivity contribution in [3.8, 4) is 11.4 Å². The SMILES string of the molecule is NC(=O)[C@H]1CCCCN1Cc1nc(-c2ccccc2Cl)no1. The molecule has 116 valence electrons. The van der Waals surface area contributed by atoms with Gasteiger partial charge >= 0.3 is 0 Å². The van der Waals surface area contributed by atoms with Gasteiger partial charge in [-0.3, -0.25) is 9.69 Å². The first-order valence-electron chi connectivity index (χ1n) is 7.26. The molecule has 3 rings (SSSR count). The molecule has 1 aliphatic heterocycles. The first-order valence-corrected chi connectivity index (χ1v) is 7.64. The summed E-state index contributed by atoms with van der Waals surface area (Å²) in [5, 5.41) is 4.54. The van der Waals surface area contributed by atoms with Gasteiger partial charge in [0.05, 0.1) is 17.6 Å². The van der Waals surface area contributed by atoms with Gasteiger partial charge in [0.25, 0.3) is 0 Å². The number of benzene rings is 1. The van der Waals surface area contributed by atoms with Crippen LogP contribution in [0.25, 0.3) is 11.4 Å². The molecule has 22 heavy (non-hydrogen) atoms. The fourth-order valence-electron chi connectivity index (χ4n) is 2.75. The van der Waals surface area contributed by atoms with Crippen LogP contribution in [0, 0.1) is 0 Å². The highest BCUT2D eigenvalue weighted by Gasteiger charge is 2.28. The Hall–Kier alpha value is -1.92. The first kappa shape index (κ1) is 15.0. The van der Waals surface area contributed by atoms with E-state index >= 15 is 0 Å². The van der Waals surface area contributed by atoms with E-state index in [4.69, 9.17) is 21.9 Å². The van der Waals surface area contributed by atoms with Crippen LogP contribution in [0.3, 0.4) is 0 Å². The summed E-state index contributed by atoms with van der Waals surface area (Å²) in [5.74, 6) is 0.613. The van der Waals surface area contributed by atoms with Gasteiger partial charge in [-0.25, -0.2) is 0 Å². The summed E-state index contributed by atoms with van der Waals surface area (Å²) in [4.78, 5) is 17.9. The number of nitrogens with two attached hydrogens (primary N) is 1. The molecule has 1 aromatic heterocycles. The smallest absolute Gasteiger partial charge is 0.241 e. The second-order valence-electron chi connectivity index (χ2n) is 5.38. The number of aromatic nitrogens is 2. The molecular formula is C15H17ClN4O2. The lowest BCUT2D eigenvalue weighted by molar-refractivity contribution is -0.124. The minimum absolute atomic E-state index is 0.260. The van der Waals surface area contributed by atoms with Crippen molar-refractivity contribution in [2.75, 3.05) is 6.54 Å². The van der Waals surface area contributed by atoms with E-state index in [-0.39, 0.29) is 11.9 Å². The number of amides is 1. The van der Waals surface area contributed by atoms with Gasteiger partial charge in [-0.1, -0.05) is 35.3 Å². The third kappa shape index (κ3) is 3.13. The molecule has 6 nitrogen and oxygen atoms in total. The van der Waals surface area contributed by atoms with E-state index in [0.29, 0.717) is 23.3 Å². The predicted molar refractivity (Wildman–Crippen MR) is 82.0 cm³/mol. The maximum atomic E-state index is 11.5. The van der Waals surface area contributed by atoms with E-state index in [1.807, 2.05) is 23.1 Å². The Kier molecular flexibility index (Phi) is 4.40. The van der Waals surface area contributed by atoms with E-state index in [1.54, 1.807) is 6.07 Å². The zero-order valence-corrected chi connectivity index (χ0v) is 12.8. The van der Waals surface area contributed by atoms with Gasteiger partial charge in [0, 0.05) is 5.56 Å². The topological polar surface area (TPSA) is 85.3 Å². The number of nitrogens with zero attached hydrogens (tertiary/aromatic N) is 3. The Labute approximate surface area is 133 Å². The molecule has 0 bridgehead atoms. The number of primary amides is 1. The van der Waals surface area contributed by atoms with Crippen LogP contribution >= 0.6 is 11.6 Å². The van der Waals surface area contributed by atoms with Gasteiger partial charge in [-0.05, 0) is 31.5 Å². The average molecular weight is 321 g/mol. The molecule has 2 aromatic rings. The van der Waals surface area contributed by atoms with Crippen molar-refractivity contribution in [1.82, 2.24) is 15.0 Å². The molecule has 1 amide bonds. The van der Waals surface area contributed by atoms with Crippen molar-refractivity contribution in [2.24, 2.45) is 5.73 Å². The molecule has 0 saturated carbocycles. The Morgan fingerprint density at radius 3 is 3.00 bits per heavy atom. The lowest BCUT2D eigenvalue weighted by Crippen LogP contribution is -2.47. The lowest BCUT2D eigenvalue weighted by Gasteiger charge is -2.32. The molecule has 0 spiro atoms. The molecule has 1 fully saturated rings. The van der Waals surface area contributed by atoms with Crippen molar-refractivity contribution in [3.63, 3.8) is 0 Å². The van der Waals surface area contributed by atoms with Gasteiger partial charge in [0.1, 0.15) is 0 Å². The van der Waals surface area contributed by atoms with Gasteiger partial charge in [0.15, 0.2) is 0 Å². The van der Waals surface area contributed by atoms with Crippen LogP contribution in [0.4, 0.5) is 0 Å². The summed E-state index contributed by atoms with van der Waals surface area (Å²) in [6.45, 7) is 1.22. The van der Waals surface area contributed by atoms with Gasteiger partial charge in [-0.2, -0.15) is 4.98 Å². The van der Waals surface area contributed by atoms with Crippen LogP contribution in [0.5, 0.6) is 0 Å². The predicted octanol–water partition coefficient (Wildman–Crippen LogP) is 2.23. The highest BCUT2D eigenvalue weighted by molar-refractivity contribution is 6.33. The molecule has 2 N–H and O–H groups in total. The van der Waals surface area contributed by atoms with E-state index in [0.717, 1.165) is 31.4 Å². The summed E-state index contributed by atoms with van der Waals surface area (Å²) in [7, 11) is 0. The van der Waals surface area contributed by atoms with Crippen molar-refractivity contribution in [1.29, 1.82) is 0 Å². The van der Waals surface area contributed by atoms with E-state index in [9.17, 15) is 4.79 Å². The van der Waals surface area contributed by atoms with Gasteiger partial charge < -0.3 is 10.3 Å². The summed E-state index contributed by atoms with van der Waals surface area (Å²) in [5.41, 5.74) is 6.19. The molecule has 0 radical (unpaired) electrons. The van der Waals surface area contributed by atoms with Crippen LogP contribution in [0.15, 0.2) is 28.8 Å². The lowest BCUT2D eigenvalue weighted by atomic mass is 10.0. The summed E-state index contributed by atoms with van der Waals surface area (Å²) >= 11 is 6.13. The fourth-order valence-corrected chi connectivity index (χ4v) is 2.97. The third-order valence-electron chi connectivity index (χ3n) is 3.86. The maximum Gasteiger partial charge on any atom is 0.241 e. The maximum absolute atomic E-state index is 11.5. The molecule has 0 unspecified atom stereocenters. The molecule has 0 aliphatic carbocycles. The number of carbonyl (C=O) groups excluding carboxylic acids is 1. The number of hydrogen-bond donors (Lipinski definition) is 1. The van der Waals surface area contributed by atoms with Crippen molar-refractivity contribution >= 4 is 17.5 Å². The van der Waals surface area contributed by atoms with Crippen molar-refractivity contribution in [2.45, 2.75) is 31.8 Å². The van der Waals surface area contributed by atoms with Crippen LogP contribution < -0.4 is 5.73 Å². The number of carbonyl (C=O) groups is 1. The fraction of sp³-hybridized carbons (Fsp3) is 0.400. The highest BCUT2D eigenvalue weighted by atomic mass is 35.5. The van der Waals surface area contributed by atoms with Crippen molar-refractivity contribution in [3.05, 3.63) is 35.2 Å². The zero-order chi connectivity index (χ0) is 15.5. The van der Waals surface area contributed by atoms with Gasteiger partial charge in [0.2, 0.25) is 17.6 Å². The minimum atomic E-state index is -0.300. The molecule has 1 atom stereocenters. The van der Waals surface area contributed by atoms with Gasteiger partial charge in [-0.15, -0.1) is 0 Å². The van der Waals surface area contributed by atoms with Crippen LogP contribution in [0.1, 0.15) is 25.2 Å². The van der Waals surface area contributed by atoms with Crippen LogP contribution in [-0.4, -0.2) is 33.5 Å². The molecule has 1 aliphatic rings. The minimum Gasteiger partial charge on any atom is -0.368 e. The monoisotopic (exact) mass is 320 g/mol. The van der Waals surface area contributed by atoms with Crippen LogP contribution in [0.2, 0.25) is 5.02 Å². The standard InChI is InChI=1S/C15H17ClN4O2/c16-11-6-2-1-5-10(11)15-18-13(22-19-15)9-20-8-4-3-7-12(20)14(17)21/h1-2,5-6,12H,3-4,7-9H2,(H2,17,21)/t12-/m1/s1. The quantitative estimate of drug-likeness (QED) is 0.933. The third-order valence-corrected chi connectivity index (χ3v) is 4.19. The largest absolute Gasteiger partial charge is 0.368 e. The number of piperidine rings is 1. The number of likely N-dealkylation sites (tertiary alicyclic amines) is 1. The number of halogens is 1. The Balaban J connectivity index is 1.77. The summed E-state index contributed by atoms with van der Waals surface area (Å²) in [6.07, 6.45) is 2.83. The molecule has 1 aromatic carbocycles. The second kappa shape index (κ2) is 6.46. The van der Waals surface area contributed by atoms with E-state index in [1.165, 1.54) is 0 Å². The van der Waals surface area contributed by atoms with E-state index in [2.05, 4.69) is 10.1 Å². The van der Waals surface area contributed by atoms with E-state index < -0.39 is 0 Å². The molecule has 1 saturated heterocycles. The Bertz CT molecular complexity index is 673. The summed E-state index contributed by atoms with van der Waals surface area (Å²) < 4.78 is 5.29. The highest BCUT2D eigenvalue weighted by Crippen LogP contribution is 2.25.